The third kappa shape index (κ3) is 2.84. The standard InChI is InChI=1S/C12H9N3O3S2/c1-8(16)10-7-19-12(14-10)15-20(17,18)11-5-3-2-4-9(11)6-13/h2-5,7H,1H3,(H,14,15). The minimum atomic E-state index is -3.90. The number of hydrogen-bond donors (Lipinski definition) is 1. The van der Waals surface area contributed by atoms with Crippen LogP contribution in [0.3, 0.4) is 0 Å². The molecule has 0 aliphatic carbocycles. The van der Waals surface area contributed by atoms with Gasteiger partial charge in [0.15, 0.2) is 10.9 Å². The first-order valence-corrected chi connectivity index (χ1v) is 7.79. The summed E-state index contributed by atoms with van der Waals surface area (Å²) in [6, 6.07) is 7.67. The quantitative estimate of drug-likeness (QED) is 0.871. The Morgan fingerprint density at radius 2 is 2.10 bits per heavy atom. The molecule has 0 unspecified atom stereocenters. The predicted octanol–water partition coefficient (Wildman–Crippen LogP) is 2.02. The lowest BCUT2D eigenvalue weighted by atomic mass is 10.2. The van der Waals surface area contributed by atoms with Crippen LogP contribution >= 0.6 is 11.3 Å². The van der Waals surface area contributed by atoms with Crippen LogP contribution in [0.15, 0.2) is 34.5 Å². The summed E-state index contributed by atoms with van der Waals surface area (Å²) in [7, 11) is -3.90. The molecule has 0 spiro atoms. The molecule has 102 valence electrons. The zero-order chi connectivity index (χ0) is 14.8. The van der Waals surface area contributed by atoms with Gasteiger partial charge in [-0.05, 0) is 12.1 Å². The Bertz CT molecular complexity index is 803. The van der Waals surface area contributed by atoms with Crippen molar-refractivity contribution in [3.05, 3.63) is 40.9 Å². The summed E-state index contributed by atoms with van der Waals surface area (Å²) in [4.78, 5) is 14.9. The number of hydrogen-bond acceptors (Lipinski definition) is 6. The fourth-order valence-corrected chi connectivity index (χ4v) is 3.61. The molecule has 1 heterocycles. The molecule has 1 aromatic heterocycles. The molecule has 20 heavy (non-hydrogen) atoms. The van der Waals surface area contributed by atoms with Gasteiger partial charge >= 0.3 is 0 Å². The van der Waals surface area contributed by atoms with Crippen LogP contribution in [0.4, 0.5) is 5.13 Å². The largest absolute Gasteiger partial charge is 0.293 e. The molecule has 0 saturated carbocycles. The molecule has 6 nitrogen and oxygen atoms in total. The lowest BCUT2D eigenvalue weighted by Gasteiger charge is -2.06. The highest BCUT2D eigenvalue weighted by atomic mass is 32.2. The van der Waals surface area contributed by atoms with Gasteiger partial charge in [-0.25, -0.2) is 13.4 Å². The molecule has 0 saturated heterocycles. The Labute approximate surface area is 119 Å². The van der Waals surface area contributed by atoms with E-state index in [4.69, 9.17) is 5.26 Å². The van der Waals surface area contributed by atoms with Crippen LogP contribution in [-0.4, -0.2) is 19.2 Å². The summed E-state index contributed by atoms with van der Waals surface area (Å²) >= 11 is 1.01. The average molecular weight is 307 g/mol. The fraction of sp³-hybridized carbons (Fsp3) is 0.0833. The van der Waals surface area contributed by atoms with Gasteiger partial charge in [-0.3, -0.25) is 9.52 Å². The Morgan fingerprint density at radius 3 is 2.70 bits per heavy atom. The zero-order valence-corrected chi connectivity index (χ0v) is 12.0. The molecule has 0 atom stereocenters. The third-order valence-corrected chi connectivity index (χ3v) is 4.67. The number of sulfonamides is 1. The van der Waals surface area contributed by atoms with E-state index in [0.29, 0.717) is 0 Å². The molecular weight excluding hydrogens is 298 g/mol. The molecule has 2 aromatic rings. The predicted molar refractivity (Wildman–Crippen MR) is 74.1 cm³/mol. The van der Waals surface area contributed by atoms with Crippen molar-refractivity contribution in [3.8, 4) is 6.07 Å². The van der Waals surface area contributed by atoms with E-state index in [1.807, 2.05) is 6.07 Å². The van der Waals surface area contributed by atoms with Crippen LogP contribution in [0.5, 0.6) is 0 Å². The first-order chi connectivity index (χ1) is 9.44. The average Bonchev–Trinajstić information content (AvgIpc) is 2.86. The molecule has 0 amide bonds. The Kier molecular flexibility index (Phi) is 3.83. The molecule has 1 N–H and O–H groups in total. The van der Waals surface area contributed by atoms with Gasteiger partial charge in [0, 0.05) is 12.3 Å². The maximum atomic E-state index is 12.2. The van der Waals surface area contributed by atoms with E-state index >= 15 is 0 Å². The van der Waals surface area contributed by atoms with E-state index < -0.39 is 10.0 Å². The van der Waals surface area contributed by atoms with Gasteiger partial charge < -0.3 is 0 Å². The summed E-state index contributed by atoms with van der Waals surface area (Å²) in [6.07, 6.45) is 0. The monoisotopic (exact) mass is 307 g/mol. The number of nitriles is 1. The van der Waals surface area contributed by atoms with Gasteiger partial charge in [0.25, 0.3) is 10.0 Å². The molecular formula is C12H9N3O3S2. The fourth-order valence-electron chi connectivity index (χ4n) is 1.45. The highest BCUT2D eigenvalue weighted by Crippen LogP contribution is 2.22. The second-order valence-corrected chi connectivity index (χ2v) is 6.32. The number of ketones is 1. The van der Waals surface area contributed by atoms with Crippen molar-refractivity contribution in [1.82, 2.24) is 4.98 Å². The number of thiazole rings is 1. The second kappa shape index (κ2) is 5.40. The summed E-state index contributed by atoms with van der Waals surface area (Å²) < 4.78 is 26.6. The summed E-state index contributed by atoms with van der Waals surface area (Å²) in [5, 5.41) is 10.5. The SMILES string of the molecule is CC(=O)c1csc(NS(=O)(=O)c2ccccc2C#N)n1. The Morgan fingerprint density at radius 1 is 1.40 bits per heavy atom. The van der Waals surface area contributed by atoms with E-state index in [9.17, 15) is 13.2 Å². The van der Waals surface area contributed by atoms with Gasteiger partial charge in [0.1, 0.15) is 16.7 Å². The lowest BCUT2D eigenvalue weighted by Crippen LogP contribution is -2.14. The van der Waals surface area contributed by atoms with Crippen molar-refractivity contribution in [2.45, 2.75) is 11.8 Å². The Balaban J connectivity index is 2.36. The van der Waals surface area contributed by atoms with Gasteiger partial charge in [0.05, 0.1) is 5.56 Å². The molecule has 1 aromatic carbocycles. The molecule has 2 rings (SSSR count). The van der Waals surface area contributed by atoms with Crippen molar-refractivity contribution < 1.29 is 13.2 Å². The maximum absolute atomic E-state index is 12.2. The van der Waals surface area contributed by atoms with Gasteiger partial charge in [-0.2, -0.15) is 5.26 Å². The second-order valence-electron chi connectivity index (χ2n) is 3.81. The van der Waals surface area contributed by atoms with Crippen molar-refractivity contribution in [1.29, 1.82) is 5.26 Å². The summed E-state index contributed by atoms with van der Waals surface area (Å²) in [5.41, 5.74) is 0.240. The number of nitrogens with zero attached hydrogens (tertiary/aromatic N) is 2. The Hall–Kier alpha value is -2.24. The number of aromatic nitrogens is 1. The van der Waals surface area contributed by atoms with E-state index in [1.165, 1.54) is 30.5 Å². The number of Topliss-reactive ketones (excluding diaryl/α,β-unsaturated/α-hetero) is 1. The number of anilines is 1. The normalized spacial score (nSPS) is 10.8. The van der Waals surface area contributed by atoms with Crippen LogP contribution in [0.2, 0.25) is 0 Å². The van der Waals surface area contributed by atoms with E-state index in [1.54, 1.807) is 6.07 Å². The van der Waals surface area contributed by atoms with Crippen molar-refractivity contribution in [2.75, 3.05) is 4.72 Å². The number of rotatable bonds is 4. The van der Waals surface area contributed by atoms with E-state index in [-0.39, 0.29) is 27.1 Å². The van der Waals surface area contributed by atoms with Crippen LogP contribution < -0.4 is 4.72 Å². The highest BCUT2D eigenvalue weighted by Gasteiger charge is 2.20. The van der Waals surface area contributed by atoms with Crippen LogP contribution in [0.1, 0.15) is 23.0 Å². The summed E-state index contributed by atoms with van der Waals surface area (Å²) in [5.74, 6) is -0.246. The molecule has 0 bridgehead atoms. The van der Waals surface area contributed by atoms with Crippen LogP contribution in [-0.2, 0) is 10.0 Å². The highest BCUT2D eigenvalue weighted by molar-refractivity contribution is 7.93. The van der Waals surface area contributed by atoms with Gasteiger partial charge in [-0.15, -0.1) is 11.3 Å². The zero-order valence-electron chi connectivity index (χ0n) is 10.3. The topological polar surface area (TPSA) is 99.9 Å². The van der Waals surface area contributed by atoms with Crippen LogP contribution in [0, 0.1) is 11.3 Å². The number of nitrogens with one attached hydrogen (secondary N) is 1. The summed E-state index contributed by atoms with van der Waals surface area (Å²) in [6.45, 7) is 1.35. The van der Waals surface area contributed by atoms with Gasteiger partial charge in [-0.1, -0.05) is 12.1 Å². The van der Waals surface area contributed by atoms with E-state index in [2.05, 4.69) is 9.71 Å². The first kappa shape index (κ1) is 14.2. The molecule has 8 heteroatoms. The van der Waals surface area contributed by atoms with Crippen LogP contribution in [0.25, 0.3) is 0 Å². The van der Waals surface area contributed by atoms with Crippen molar-refractivity contribution >= 4 is 32.3 Å². The number of carbonyl (C=O) groups excluding carboxylic acids is 1. The first-order valence-electron chi connectivity index (χ1n) is 5.42. The smallest absolute Gasteiger partial charge is 0.264 e. The minimum Gasteiger partial charge on any atom is -0.293 e. The molecule has 0 fully saturated rings. The number of carbonyl (C=O) groups is 1. The minimum absolute atomic E-state index is 0.0448. The molecule has 0 aliphatic rings. The van der Waals surface area contributed by atoms with Gasteiger partial charge in [0.2, 0.25) is 0 Å². The molecule has 0 aliphatic heterocycles. The maximum Gasteiger partial charge on any atom is 0.264 e. The van der Waals surface area contributed by atoms with Crippen molar-refractivity contribution in [3.63, 3.8) is 0 Å². The third-order valence-electron chi connectivity index (χ3n) is 2.38. The molecule has 0 radical (unpaired) electrons. The number of benzene rings is 1. The lowest BCUT2D eigenvalue weighted by molar-refractivity contribution is 0.101. The van der Waals surface area contributed by atoms with E-state index in [0.717, 1.165) is 11.3 Å². The van der Waals surface area contributed by atoms with Crippen molar-refractivity contribution in [2.24, 2.45) is 0 Å².